The van der Waals surface area contributed by atoms with E-state index in [-0.39, 0.29) is 11.9 Å². The maximum atomic E-state index is 12.8. The van der Waals surface area contributed by atoms with E-state index >= 15 is 0 Å². The molecule has 17 heavy (non-hydrogen) atoms. The quantitative estimate of drug-likeness (QED) is 0.864. The molecule has 0 radical (unpaired) electrons. The van der Waals surface area contributed by atoms with Gasteiger partial charge in [0.2, 0.25) is 0 Å². The monoisotopic (exact) mass is 233 g/mol. The molecule has 0 spiro atoms. The van der Waals surface area contributed by atoms with Gasteiger partial charge in [-0.15, -0.1) is 0 Å². The molecule has 0 bridgehead atoms. The van der Waals surface area contributed by atoms with Gasteiger partial charge in [0.15, 0.2) is 5.82 Å². The Morgan fingerprint density at radius 2 is 2.12 bits per heavy atom. The minimum atomic E-state index is -0.272. The summed E-state index contributed by atoms with van der Waals surface area (Å²) in [5, 5.41) is 7.26. The summed E-state index contributed by atoms with van der Waals surface area (Å²) in [5.74, 6) is 0.849. The van der Waals surface area contributed by atoms with E-state index in [1.165, 1.54) is 12.1 Å². The van der Waals surface area contributed by atoms with E-state index in [0.717, 1.165) is 24.9 Å². The zero-order chi connectivity index (χ0) is 11.7. The first-order chi connectivity index (χ1) is 8.33. The van der Waals surface area contributed by atoms with Gasteiger partial charge < -0.3 is 9.84 Å². The Bertz CT molecular complexity index is 503. The second kappa shape index (κ2) is 4.25. The number of hydrogen-bond acceptors (Lipinski definition) is 4. The molecule has 2 heterocycles. The molecule has 88 valence electrons. The Hall–Kier alpha value is -1.75. The van der Waals surface area contributed by atoms with Crippen molar-refractivity contribution in [1.82, 2.24) is 15.5 Å². The lowest BCUT2D eigenvalue weighted by Gasteiger charge is -2.01. The van der Waals surface area contributed by atoms with Gasteiger partial charge in [0.1, 0.15) is 5.82 Å². The predicted molar refractivity (Wildman–Crippen MR) is 59.7 cm³/mol. The first-order valence-corrected chi connectivity index (χ1v) is 5.66. The van der Waals surface area contributed by atoms with Crippen molar-refractivity contribution < 1.29 is 8.91 Å². The van der Waals surface area contributed by atoms with E-state index in [4.69, 9.17) is 4.52 Å². The van der Waals surface area contributed by atoms with Gasteiger partial charge in [-0.3, -0.25) is 0 Å². The summed E-state index contributed by atoms with van der Waals surface area (Å²) >= 11 is 0. The molecule has 1 N–H and O–H groups in total. The number of nitrogens with zero attached hydrogens (tertiary/aromatic N) is 2. The molecule has 0 amide bonds. The molecule has 1 aromatic heterocycles. The summed E-state index contributed by atoms with van der Waals surface area (Å²) in [5.41, 5.74) is 0.739. The van der Waals surface area contributed by atoms with E-state index in [1.54, 1.807) is 12.1 Å². The van der Waals surface area contributed by atoms with Gasteiger partial charge in [-0.1, -0.05) is 5.16 Å². The van der Waals surface area contributed by atoms with Crippen LogP contribution in [0.2, 0.25) is 0 Å². The van der Waals surface area contributed by atoms with Gasteiger partial charge >= 0.3 is 0 Å². The van der Waals surface area contributed by atoms with Crippen molar-refractivity contribution >= 4 is 0 Å². The molecule has 2 aromatic rings. The summed E-state index contributed by atoms with van der Waals surface area (Å²) in [7, 11) is 0. The Morgan fingerprint density at radius 3 is 2.82 bits per heavy atom. The van der Waals surface area contributed by atoms with Crippen LogP contribution in [0.5, 0.6) is 0 Å². The highest BCUT2D eigenvalue weighted by atomic mass is 19.1. The number of rotatable bonds is 2. The van der Waals surface area contributed by atoms with Gasteiger partial charge in [0.25, 0.3) is 5.89 Å². The minimum absolute atomic E-state index is 0.188. The summed E-state index contributed by atoms with van der Waals surface area (Å²) in [4.78, 5) is 4.33. The number of nitrogens with one attached hydrogen (secondary N) is 1. The van der Waals surface area contributed by atoms with Crippen LogP contribution < -0.4 is 5.32 Å². The fourth-order valence-corrected chi connectivity index (χ4v) is 1.99. The van der Waals surface area contributed by atoms with E-state index in [9.17, 15) is 4.39 Å². The summed E-state index contributed by atoms with van der Waals surface area (Å²) < 4.78 is 18.0. The lowest BCUT2D eigenvalue weighted by molar-refractivity contribution is 0.412. The summed E-state index contributed by atoms with van der Waals surface area (Å²) in [6, 6.07) is 6.22. The summed E-state index contributed by atoms with van der Waals surface area (Å²) in [6.07, 6.45) is 2.16. The average Bonchev–Trinajstić information content (AvgIpc) is 3.00. The van der Waals surface area contributed by atoms with E-state index in [1.807, 2.05) is 0 Å². The SMILES string of the molecule is Fc1ccc(-c2nc(C3CCCN3)no2)cc1. The number of aromatic nitrogens is 2. The number of halogens is 1. The lowest BCUT2D eigenvalue weighted by atomic mass is 10.2. The second-order valence-corrected chi connectivity index (χ2v) is 4.11. The Labute approximate surface area is 97.8 Å². The van der Waals surface area contributed by atoms with Crippen molar-refractivity contribution in [3.05, 3.63) is 35.9 Å². The molecule has 3 rings (SSSR count). The molecule has 1 aliphatic heterocycles. The zero-order valence-electron chi connectivity index (χ0n) is 9.19. The normalized spacial score (nSPS) is 19.7. The first-order valence-electron chi connectivity index (χ1n) is 5.66. The lowest BCUT2D eigenvalue weighted by Crippen LogP contribution is -2.14. The fourth-order valence-electron chi connectivity index (χ4n) is 1.99. The maximum absolute atomic E-state index is 12.8. The fraction of sp³-hybridized carbons (Fsp3) is 0.333. The third kappa shape index (κ3) is 2.06. The van der Waals surface area contributed by atoms with E-state index in [0.29, 0.717) is 11.7 Å². The minimum Gasteiger partial charge on any atom is -0.334 e. The van der Waals surface area contributed by atoms with Crippen LogP contribution in [0.15, 0.2) is 28.8 Å². The Balaban J connectivity index is 1.86. The third-order valence-electron chi connectivity index (χ3n) is 2.90. The molecule has 1 atom stereocenters. The molecule has 0 saturated carbocycles. The molecular weight excluding hydrogens is 221 g/mol. The molecule has 5 heteroatoms. The number of benzene rings is 1. The predicted octanol–water partition coefficient (Wildman–Crippen LogP) is 2.30. The van der Waals surface area contributed by atoms with E-state index < -0.39 is 0 Å². The van der Waals surface area contributed by atoms with E-state index in [2.05, 4.69) is 15.5 Å². The first kappa shape index (κ1) is 10.4. The van der Waals surface area contributed by atoms with Gasteiger partial charge in [-0.2, -0.15) is 4.98 Å². The van der Waals surface area contributed by atoms with Gasteiger partial charge in [-0.25, -0.2) is 4.39 Å². The molecule has 1 unspecified atom stereocenters. The molecule has 1 aliphatic rings. The van der Waals surface area contributed by atoms with Crippen LogP contribution in [0, 0.1) is 5.82 Å². The topological polar surface area (TPSA) is 51.0 Å². The molecule has 1 saturated heterocycles. The standard InChI is InChI=1S/C12H12FN3O/c13-9-5-3-8(4-6-9)12-15-11(16-17-12)10-2-1-7-14-10/h3-6,10,14H,1-2,7H2. The van der Waals surface area contributed by atoms with Crippen molar-refractivity contribution in [3.63, 3.8) is 0 Å². The van der Waals surface area contributed by atoms with Crippen molar-refractivity contribution in [2.45, 2.75) is 18.9 Å². The smallest absolute Gasteiger partial charge is 0.257 e. The summed E-state index contributed by atoms with van der Waals surface area (Å²) in [6.45, 7) is 0.991. The van der Waals surface area contributed by atoms with Crippen molar-refractivity contribution in [3.8, 4) is 11.5 Å². The van der Waals surface area contributed by atoms with Crippen molar-refractivity contribution in [1.29, 1.82) is 0 Å². The van der Waals surface area contributed by atoms with Gasteiger partial charge in [0, 0.05) is 5.56 Å². The highest BCUT2D eigenvalue weighted by molar-refractivity contribution is 5.52. The number of hydrogen-bond donors (Lipinski definition) is 1. The third-order valence-corrected chi connectivity index (χ3v) is 2.90. The van der Waals surface area contributed by atoms with Gasteiger partial charge in [0.05, 0.1) is 6.04 Å². The molecule has 0 aliphatic carbocycles. The zero-order valence-corrected chi connectivity index (χ0v) is 9.19. The van der Waals surface area contributed by atoms with Crippen LogP contribution in [0.4, 0.5) is 4.39 Å². The van der Waals surface area contributed by atoms with Crippen LogP contribution in [0.25, 0.3) is 11.5 Å². The van der Waals surface area contributed by atoms with Crippen LogP contribution in [0.1, 0.15) is 24.7 Å². The molecule has 1 fully saturated rings. The molecular formula is C12H12FN3O. The maximum Gasteiger partial charge on any atom is 0.257 e. The van der Waals surface area contributed by atoms with Gasteiger partial charge in [-0.05, 0) is 43.7 Å². The second-order valence-electron chi connectivity index (χ2n) is 4.11. The average molecular weight is 233 g/mol. The molecule has 4 nitrogen and oxygen atoms in total. The van der Waals surface area contributed by atoms with Crippen LogP contribution in [-0.4, -0.2) is 16.7 Å². The highest BCUT2D eigenvalue weighted by Gasteiger charge is 2.21. The van der Waals surface area contributed by atoms with Crippen LogP contribution >= 0.6 is 0 Å². The Morgan fingerprint density at radius 1 is 1.29 bits per heavy atom. The van der Waals surface area contributed by atoms with Crippen molar-refractivity contribution in [2.75, 3.05) is 6.54 Å². The largest absolute Gasteiger partial charge is 0.334 e. The van der Waals surface area contributed by atoms with Crippen LogP contribution in [-0.2, 0) is 0 Å². The van der Waals surface area contributed by atoms with Crippen LogP contribution in [0.3, 0.4) is 0 Å². The Kier molecular flexibility index (Phi) is 2.60. The highest BCUT2D eigenvalue weighted by Crippen LogP contribution is 2.23. The molecule has 1 aromatic carbocycles. The van der Waals surface area contributed by atoms with Crippen molar-refractivity contribution in [2.24, 2.45) is 0 Å².